The van der Waals surface area contributed by atoms with Gasteiger partial charge in [-0.1, -0.05) is 41.5 Å². The van der Waals surface area contributed by atoms with Crippen molar-refractivity contribution in [2.75, 3.05) is 0 Å². The topological polar surface area (TPSA) is 50.4 Å². The van der Waals surface area contributed by atoms with Crippen LogP contribution in [0.3, 0.4) is 0 Å². The zero-order valence-corrected chi connectivity index (χ0v) is 14.1. The van der Waals surface area contributed by atoms with Gasteiger partial charge in [-0.2, -0.15) is 0 Å². The quantitative estimate of drug-likeness (QED) is 0.692. The number of benzene rings is 2. The molecule has 0 amide bonds. The van der Waals surface area contributed by atoms with Crippen LogP contribution in [0.5, 0.6) is 5.75 Å². The molecule has 1 heterocycles. The maximum absolute atomic E-state index is 12.5. The molecule has 24 heavy (non-hydrogen) atoms. The zero-order valence-electron chi connectivity index (χ0n) is 14.1. The first-order chi connectivity index (χ1) is 11.5. The lowest BCUT2D eigenvalue weighted by Crippen LogP contribution is -2.02. The number of aromatic hydroxyl groups is 1. The van der Waals surface area contributed by atoms with E-state index in [2.05, 4.69) is 0 Å². The molecule has 0 saturated carbocycles. The van der Waals surface area contributed by atoms with Gasteiger partial charge in [0, 0.05) is 17.2 Å². The van der Waals surface area contributed by atoms with Crippen molar-refractivity contribution in [2.24, 2.45) is 0 Å². The Morgan fingerprint density at radius 3 is 2.50 bits per heavy atom. The summed E-state index contributed by atoms with van der Waals surface area (Å²) in [6.45, 7) is 6.00. The maximum atomic E-state index is 12.5. The molecule has 0 aliphatic heterocycles. The Kier molecular flexibility index (Phi) is 4.26. The lowest BCUT2D eigenvalue weighted by atomic mass is 10.0. The first-order valence-electron chi connectivity index (χ1n) is 7.95. The summed E-state index contributed by atoms with van der Waals surface area (Å²) >= 11 is 0. The molecule has 1 N–H and O–H groups in total. The fourth-order valence-corrected chi connectivity index (χ4v) is 2.63. The molecule has 1 aromatic heterocycles. The second-order valence-electron chi connectivity index (χ2n) is 6.27. The Morgan fingerprint density at radius 2 is 1.83 bits per heavy atom. The Bertz CT molecular complexity index is 972. The van der Waals surface area contributed by atoms with Crippen LogP contribution in [-0.4, -0.2) is 5.11 Å². The molecule has 3 aromatic rings. The van der Waals surface area contributed by atoms with E-state index in [9.17, 15) is 9.90 Å². The highest BCUT2D eigenvalue weighted by Crippen LogP contribution is 2.30. The van der Waals surface area contributed by atoms with E-state index in [1.807, 2.05) is 51.1 Å². The third kappa shape index (κ3) is 3.11. The average molecular weight is 320 g/mol. The Hall–Kier alpha value is -2.81. The highest BCUT2D eigenvalue weighted by atomic mass is 16.3. The largest absolute Gasteiger partial charge is 0.508 e. The van der Waals surface area contributed by atoms with Gasteiger partial charge in [0.25, 0.3) is 0 Å². The van der Waals surface area contributed by atoms with Crippen molar-refractivity contribution < 1.29 is 9.52 Å². The molecule has 0 spiro atoms. The smallest absolute Gasteiger partial charge is 0.193 e. The summed E-state index contributed by atoms with van der Waals surface area (Å²) in [6, 6.07) is 12.5. The van der Waals surface area contributed by atoms with Crippen molar-refractivity contribution in [1.29, 1.82) is 0 Å². The van der Waals surface area contributed by atoms with Crippen LogP contribution < -0.4 is 5.43 Å². The molecular formula is C21H20O3. The summed E-state index contributed by atoms with van der Waals surface area (Å²) in [7, 11) is 0. The van der Waals surface area contributed by atoms with Crippen LogP contribution in [0.2, 0.25) is 0 Å². The lowest BCUT2D eigenvalue weighted by molar-refractivity contribution is 0.468. The number of rotatable bonds is 3. The van der Waals surface area contributed by atoms with Gasteiger partial charge in [-0.25, -0.2) is 0 Å². The van der Waals surface area contributed by atoms with Gasteiger partial charge in [-0.15, -0.1) is 0 Å². The van der Waals surface area contributed by atoms with Crippen LogP contribution in [0, 0.1) is 6.92 Å². The van der Waals surface area contributed by atoms with Gasteiger partial charge in [-0.3, -0.25) is 4.79 Å². The molecule has 0 aliphatic rings. The summed E-state index contributed by atoms with van der Waals surface area (Å²) in [5, 5.41) is 10.7. The predicted molar refractivity (Wildman–Crippen MR) is 97.5 cm³/mol. The third-order valence-electron chi connectivity index (χ3n) is 4.03. The minimum absolute atomic E-state index is 0.106. The number of allylic oxidation sites excluding steroid dienone is 2. The molecular weight excluding hydrogens is 300 g/mol. The van der Waals surface area contributed by atoms with Gasteiger partial charge < -0.3 is 9.52 Å². The molecule has 0 fully saturated rings. The molecule has 0 bridgehead atoms. The SMILES string of the molecule is CC(C)=CCc1c(O)ccc2c(=O)cc(-c3ccc(C)cc3)oc12. The van der Waals surface area contributed by atoms with Crippen molar-refractivity contribution in [3.63, 3.8) is 0 Å². The Balaban J connectivity index is 2.24. The Labute approximate surface area is 140 Å². The number of phenolic OH excluding ortho intramolecular Hbond substituents is 1. The van der Waals surface area contributed by atoms with E-state index in [0.29, 0.717) is 28.7 Å². The summed E-state index contributed by atoms with van der Waals surface area (Å²) in [6.07, 6.45) is 2.53. The van der Waals surface area contributed by atoms with E-state index >= 15 is 0 Å². The van der Waals surface area contributed by atoms with Gasteiger partial charge >= 0.3 is 0 Å². The van der Waals surface area contributed by atoms with Crippen molar-refractivity contribution in [1.82, 2.24) is 0 Å². The van der Waals surface area contributed by atoms with Crippen LogP contribution in [0.25, 0.3) is 22.3 Å². The molecule has 3 heteroatoms. The van der Waals surface area contributed by atoms with Gasteiger partial charge in [0.1, 0.15) is 17.1 Å². The van der Waals surface area contributed by atoms with Crippen LogP contribution >= 0.6 is 0 Å². The number of aryl methyl sites for hydroxylation is 1. The van der Waals surface area contributed by atoms with Crippen LogP contribution in [0.4, 0.5) is 0 Å². The second-order valence-corrected chi connectivity index (χ2v) is 6.27. The molecule has 0 saturated heterocycles. The van der Waals surface area contributed by atoms with Gasteiger partial charge in [0.05, 0.1) is 5.39 Å². The molecule has 122 valence electrons. The predicted octanol–water partition coefficient (Wildman–Crippen LogP) is 4.98. The van der Waals surface area contributed by atoms with E-state index < -0.39 is 0 Å². The molecule has 0 unspecified atom stereocenters. The highest BCUT2D eigenvalue weighted by Gasteiger charge is 2.13. The van der Waals surface area contributed by atoms with E-state index in [1.165, 1.54) is 6.07 Å². The van der Waals surface area contributed by atoms with Crippen molar-refractivity contribution in [3.8, 4) is 17.1 Å². The molecule has 0 atom stereocenters. The van der Waals surface area contributed by atoms with Crippen LogP contribution in [-0.2, 0) is 6.42 Å². The first-order valence-corrected chi connectivity index (χ1v) is 7.95. The summed E-state index contributed by atoms with van der Waals surface area (Å²) in [4.78, 5) is 12.5. The number of phenols is 1. The summed E-state index contributed by atoms with van der Waals surface area (Å²) < 4.78 is 6.02. The monoisotopic (exact) mass is 320 g/mol. The molecule has 3 nitrogen and oxygen atoms in total. The summed E-state index contributed by atoms with van der Waals surface area (Å²) in [5.74, 6) is 0.653. The lowest BCUT2D eigenvalue weighted by Gasteiger charge is -2.09. The van der Waals surface area contributed by atoms with E-state index in [0.717, 1.165) is 16.7 Å². The fraction of sp³-hybridized carbons (Fsp3) is 0.190. The third-order valence-corrected chi connectivity index (χ3v) is 4.03. The molecule has 2 aromatic carbocycles. The Morgan fingerprint density at radius 1 is 1.12 bits per heavy atom. The van der Waals surface area contributed by atoms with E-state index in [4.69, 9.17) is 4.42 Å². The minimum Gasteiger partial charge on any atom is -0.508 e. The second kappa shape index (κ2) is 6.36. The zero-order chi connectivity index (χ0) is 17.3. The van der Waals surface area contributed by atoms with Crippen molar-refractivity contribution in [2.45, 2.75) is 27.2 Å². The average Bonchev–Trinajstić information content (AvgIpc) is 2.54. The first kappa shape index (κ1) is 16.1. The van der Waals surface area contributed by atoms with Gasteiger partial charge in [0.15, 0.2) is 5.43 Å². The van der Waals surface area contributed by atoms with E-state index in [-0.39, 0.29) is 11.2 Å². The molecule has 0 radical (unpaired) electrons. The van der Waals surface area contributed by atoms with Gasteiger partial charge in [0.2, 0.25) is 0 Å². The maximum Gasteiger partial charge on any atom is 0.193 e. The van der Waals surface area contributed by atoms with Gasteiger partial charge in [-0.05, 0) is 39.3 Å². The standard InChI is InChI=1S/C21H20O3/c1-13(2)4-9-16-18(22)11-10-17-19(23)12-20(24-21(16)17)15-7-5-14(3)6-8-15/h4-8,10-12,22H,9H2,1-3H3. The van der Waals surface area contributed by atoms with Crippen molar-refractivity contribution in [3.05, 3.63) is 75.5 Å². The van der Waals surface area contributed by atoms with Crippen molar-refractivity contribution >= 4 is 11.0 Å². The molecule has 0 aliphatic carbocycles. The number of fused-ring (bicyclic) bond motifs is 1. The normalized spacial score (nSPS) is 10.8. The number of hydrogen-bond acceptors (Lipinski definition) is 3. The fourth-order valence-electron chi connectivity index (χ4n) is 2.63. The van der Waals surface area contributed by atoms with Crippen LogP contribution in [0.15, 0.2) is 63.3 Å². The molecule has 3 rings (SSSR count). The summed E-state index contributed by atoms with van der Waals surface area (Å²) in [5.41, 5.74) is 4.11. The van der Waals surface area contributed by atoms with E-state index in [1.54, 1.807) is 12.1 Å². The minimum atomic E-state index is -0.106. The number of hydrogen-bond donors (Lipinski definition) is 1. The van der Waals surface area contributed by atoms with Crippen LogP contribution in [0.1, 0.15) is 25.0 Å². The highest BCUT2D eigenvalue weighted by molar-refractivity contribution is 5.84.